The predicted molar refractivity (Wildman–Crippen MR) is 100.0 cm³/mol. The van der Waals surface area contributed by atoms with Crippen molar-refractivity contribution in [2.45, 2.75) is 0 Å². The Labute approximate surface area is 159 Å². The van der Waals surface area contributed by atoms with Crippen LogP contribution in [0.2, 0.25) is 5.02 Å². The van der Waals surface area contributed by atoms with Crippen LogP contribution in [0.15, 0.2) is 72.0 Å². The van der Waals surface area contributed by atoms with Crippen LogP contribution in [0, 0.1) is 0 Å². The van der Waals surface area contributed by atoms with Gasteiger partial charge in [0.2, 0.25) is 0 Å². The molecule has 0 unspecified atom stereocenters. The van der Waals surface area contributed by atoms with Crippen LogP contribution in [0.5, 0.6) is 0 Å². The molecule has 3 rings (SSSR count). The summed E-state index contributed by atoms with van der Waals surface area (Å²) in [5, 5.41) is 13.3. The van der Waals surface area contributed by atoms with Gasteiger partial charge < -0.3 is 5.11 Å². The number of hydrogen-bond acceptors (Lipinski definition) is 5. The fourth-order valence-electron chi connectivity index (χ4n) is 2.26. The Bertz CT molecular complexity index is 966. The van der Waals surface area contributed by atoms with Crippen molar-refractivity contribution in [3.63, 3.8) is 0 Å². The number of carboxylic acid groups (broad SMARTS) is 1. The van der Waals surface area contributed by atoms with E-state index in [0.29, 0.717) is 11.4 Å². The van der Waals surface area contributed by atoms with E-state index in [1.165, 1.54) is 6.07 Å². The molecule has 0 saturated carbocycles. The van der Waals surface area contributed by atoms with Crippen LogP contribution < -0.4 is 5.43 Å². The molecular formula is C19H13ClN4O3. The van der Waals surface area contributed by atoms with Gasteiger partial charge in [0.05, 0.1) is 5.69 Å². The number of aromatic carboxylic acids is 1. The second-order valence-electron chi connectivity index (χ2n) is 5.34. The van der Waals surface area contributed by atoms with Crippen LogP contribution in [0.4, 0.5) is 0 Å². The summed E-state index contributed by atoms with van der Waals surface area (Å²) in [6.07, 6.45) is 1.62. The van der Waals surface area contributed by atoms with Crippen molar-refractivity contribution in [3.05, 3.63) is 94.5 Å². The molecule has 0 fully saturated rings. The number of halogens is 1. The summed E-state index contributed by atoms with van der Waals surface area (Å²) in [4.78, 5) is 31.5. The Morgan fingerprint density at radius 3 is 2.33 bits per heavy atom. The first kappa shape index (κ1) is 18.2. The Morgan fingerprint density at radius 1 is 0.963 bits per heavy atom. The van der Waals surface area contributed by atoms with Gasteiger partial charge >= 0.3 is 5.97 Å². The number of pyridine rings is 2. The van der Waals surface area contributed by atoms with Crippen LogP contribution >= 0.6 is 11.6 Å². The second kappa shape index (κ2) is 8.20. The Morgan fingerprint density at radius 2 is 1.67 bits per heavy atom. The van der Waals surface area contributed by atoms with Gasteiger partial charge in [0.15, 0.2) is 5.69 Å². The average molecular weight is 381 g/mol. The van der Waals surface area contributed by atoms with Gasteiger partial charge in [0.1, 0.15) is 11.4 Å². The Kier molecular flexibility index (Phi) is 5.53. The molecule has 2 N–H and O–H groups in total. The highest BCUT2D eigenvalue weighted by molar-refractivity contribution is 6.31. The van der Waals surface area contributed by atoms with Gasteiger partial charge in [-0.25, -0.2) is 15.2 Å². The highest BCUT2D eigenvalue weighted by Crippen LogP contribution is 2.13. The van der Waals surface area contributed by atoms with Crippen LogP contribution in [0.1, 0.15) is 32.2 Å². The van der Waals surface area contributed by atoms with Gasteiger partial charge in [0.25, 0.3) is 5.91 Å². The Hall–Kier alpha value is -3.58. The Balaban J connectivity index is 1.93. The summed E-state index contributed by atoms with van der Waals surface area (Å²) in [6.45, 7) is 0. The molecule has 0 radical (unpaired) electrons. The maximum Gasteiger partial charge on any atom is 0.354 e. The van der Waals surface area contributed by atoms with Crippen molar-refractivity contribution in [2.24, 2.45) is 5.10 Å². The van der Waals surface area contributed by atoms with Gasteiger partial charge in [-0.1, -0.05) is 48.0 Å². The first-order valence-electron chi connectivity index (χ1n) is 7.80. The van der Waals surface area contributed by atoms with E-state index in [4.69, 9.17) is 16.7 Å². The van der Waals surface area contributed by atoms with Gasteiger partial charge in [-0.3, -0.25) is 9.78 Å². The van der Waals surface area contributed by atoms with E-state index in [1.807, 2.05) is 30.3 Å². The smallest absolute Gasteiger partial charge is 0.354 e. The molecule has 27 heavy (non-hydrogen) atoms. The largest absolute Gasteiger partial charge is 0.477 e. The van der Waals surface area contributed by atoms with Gasteiger partial charge in [-0.05, 0) is 24.3 Å². The fourth-order valence-corrected chi connectivity index (χ4v) is 2.46. The zero-order valence-electron chi connectivity index (χ0n) is 13.8. The molecule has 0 bridgehead atoms. The predicted octanol–water partition coefficient (Wildman–Crippen LogP) is 3.01. The molecule has 1 aromatic carbocycles. The van der Waals surface area contributed by atoms with Crippen LogP contribution in [0.25, 0.3) is 0 Å². The first-order valence-corrected chi connectivity index (χ1v) is 8.18. The molecule has 0 aliphatic heterocycles. The highest BCUT2D eigenvalue weighted by atomic mass is 35.5. The number of benzene rings is 1. The molecule has 134 valence electrons. The molecule has 8 heteroatoms. The molecule has 0 aliphatic carbocycles. The average Bonchev–Trinajstić information content (AvgIpc) is 2.69. The normalized spacial score (nSPS) is 11.1. The number of rotatable bonds is 5. The second-order valence-corrected chi connectivity index (χ2v) is 5.78. The fraction of sp³-hybridized carbons (Fsp3) is 0. The van der Waals surface area contributed by atoms with Crippen LogP contribution in [0.3, 0.4) is 0 Å². The number of hydrazone groups is 1. The molecule has 3 aromatic rings. The van der Waals surface area contributed by atoms with E-state index in [2.05, 4.69) is 20.5 Å². The number of amides is 1. The van der Waals surface area contributed by atoms with Crippen molar-refractivity contribution in [1.82, 2.24) is 15.4 Å². The van der Waals surface area contributed by atoms with Crippen molar-refractivity contribution in [3.8, 4) is 0 Å². The minimum atomic E-state index is -1.28. The van der Waals surface area contributed by atoms with Gasteiger partial charge in [-0.15, -0.1) is 0 Å². The lowest BCUT2D eigenvalue weighted by Gasteiger charge is -2.07. The number of aromatic nitrogens is 2. The number of carboxylic acids is 1. The summed E-state index contributed by atoms with van der Waals surface area (Å²) in [7, 11) is 0. The standard InChI is InChI=1S/C19H13ClN4O3/c20-13-10-15(22-16(11-13)19(26)27)18(25)24-23-17(12-6-2-1-3-7-12)14-8-4-5-9-21-14/h1-11H,(H,24,25)(H,26,27)/b23-17+. The number of nitrogens with one attached hydrogen (secondary N) is 1. The molecule has 2 aromatic heterocycles. The molecule has 0 atom stereocenters. The number of nitrogens with zero attached hydrogens (tertiary/aromatic N) is 3. The minimum absolute atomic E-state index is 0.0875. The number of carbonyl (C=O) groups is 2. The van der Waals surface area contributed by atoms with Crippen molar-refractivity contribution >= 4 is 29.2 Å². The highest BCUT2D eigenvalue weighted by Gasteiger charge is 2.15. The third-order valence-corrected chi connectivity index (χ3v) is 3.68. The van der Waals surface area contributed by atoms with E-state index >= 15 is 0 Å². The molecule has 0 spiro atoms. The molecule has 0 saturated heterocycles. The SMILES string of the molecule is O=C(O)c1cc(Cl)cc(C(=O)N/N=C(\c2ccccc2)c2ccccn2)n1. The molecule has 1 amide bonds. The van der Waals surface area contributed by atoms with E-state index < -0.39 is 11.9 Å². The van der Waals surface area contributed by atoms with Crippen LogP contribution in [-0.4, -0.2) is 32.7 Å². The van der Waals surface area contributed by atoms with Crippen molar-refractivity contribution < 1.29 is 14.7 Å². The van der Waals surface area contributed by atoms with E-state index in [9.17, 15) is 9.59 Å². The lowest BCUT2D eigenvalue weighted by atomic mass is 10.1. The summed E-state index contributed by atoms with van der Waals surface area (Å²) >= 11 is 5.86. The van der Waals surface area contributed by atoms with Gasteiger partial charge in [0, 0.05) is 16.8 Å². The topological polar surface area (TPSA) is 105 Å². The van der Waals surface area contributed by atoms with E-state index in [-0.39, 0.29) is 16.4 Å². The zero-order valence-corrected chi connectivity index (χ0v) is 14.6. The quantitative estimate of drug-likeness (QED) is 0.523. The van der Waals surface area contributed by atoms with Crippen molar-refractivity contribution in [2.75, 3.05) is 0 Å². The van der Waals surface area contributed by atoms with Crippen molar-refractivity contribution in [1.29, 1.82) is 0 Å². The summed E-state index contributed by atoms with van der Waals surface area (Å²) in [6, 6.07) is 17.0. The van der Waals surface area contributed by atoms with E-state index in [1.54, 1.807) is 24.4 Å². The maximum absolute atomic E-state index is 12.4. The molecule has 2 heterocycles. The third kappa shape index (κ3) is 4.53. The first-order chi connectivity index (χ1) is 13.0. The zero-order chi connectivity index (χ0) is 19.2. The number of carbonyl (C=O) groups excluding carboxylic acids is 1. The minimum Gasteiger partial charge on any atom is -0.477 e. The van der Waals surface area contributed by atoms with Gasteiger partial charge in [-0.2, -0.15) is 5.10 Å². The van der Waals surface area contributed by atoms with E-state index in [0.717, 1.165) is 11.6 Å². The monoisotopic (exact) mass is 380 g/mol. The lowest BCUT2D eigenvalue weighted by molar-refractivity contribution is 0.0690. The molecular weight excluding hydrogens is 368 g/mol. The maximum atomic E-state index is 12.4. The molecule has 0 aliphatic rings. The third-order valence-electron chi connectivity index (χ3n) is 3.47. The van der Waals surface area contributed by atoms with Crippen LogP contribution in [-0.2, 0) is 0 Å². The summed E-state index contributed by atoms with van der Waals surface area (Å²) < 4.78 is 0. The molecule has 7 nitrogen and oxygen atoms in total. The lowest BCUT2D eigenvalue weighted by Crippen LogP contribution is -2.22. The summed E-state index contributed by atoms with van der Waals surface area (Å²) in [5.74, 6) is -1.97. The summed E-state index contributed by atoms with van der Waals surface area (Å²) in [5.41, 5.74) is 3.66. The number of hydrogen-bond donors (Lipinski definition) is 2.